The third-order valence-electron chi connectivity index (χ3n) is 0. The molecular formula is C2H16O6. The molecule has 0 aliphatic rings. The van der Waals surface area contributed by atoms with E-state index in [1.165, 1.54) is 0 Å². The lowest BCUT2D eigenvalue weighted by Crippen LogP contribution is -1.57. The summed E-state index contributed by atoms with van der Waals surface area (Å²) in [4.78, 5) is 0. The maximum Gasteiger partial charge on any atom is 0.0402 e. The Labute approximate surface area is 47.3 Å². The first kappa shape index (κ1) is 114. The van der Waals surface area contributed by atoms with Gasteiger partial charge in [0.1, 0.15) is 0 Å². The minimum absolute atomic E-state index is 0. The van der Waals surface area contributed by atoms with Crippen molar-refractivity contribution < 1.29 is 32.5 Å². The van der Waals surface area contributed by atoms with Crippen molar-refractivity contribution in [3.63, 3.8) is 0 Å². The Morgan fingerprint density at radius 2 is 0.875 bits per heavy atom. The average Bonchev–Trinajstić information content (AvgIpc) is 0.918. The average molecular weight is 136 g/mol. The second kappa shape index (κ2) is 388. The molecule has 0 amide bonds. The van der Waals surface area contributed by atoms with Crippen molar-refractivity contribution in [2.75, 3.05) is 6.61 Å². The summed E-state index contributed by atoms with van der Waals surface area (Å²) < 4.78 is 0. The maximum absolute atomic E-state index is 7.57. The molecular weight excluding hydrogens is 120 g/mol. The third kappa shape index (κ3) is 2270. The van der Waals surface area contributed by atoms with Crippen molar-refractivity contribution in [2.45, 2.75) is 6.92 Å². The van der Waals surface area contributed by atoms with E-state index in [2.05, 4.69) is 0 Å². The molecule has 0 spiro atoms. The topological polar surface area (TPSA) is 178 Å². The van der Waals surface area contributed by atoms with Gasteiger partial charge in [0.25, 0.3) is 0 Å². The molecule has 0 aromatic heterocycles. The lowest BCUT2D eigenvalue weighted by atomic mass is 10.9. The SMILES string of the molecule is CCO.O.O.O.O.O. The van der Waals surface area contributed by atoms with E-state index in [0.717, 1.165) is 0 Å². The van der Waals surface area contributed by atoms with Crippen LogP contribution >= 0.6 is 0 Å². The van der Waals surface area contributed by atoms with Crippen LogP contribution in [-0.4, -0.2) is 39.1 Å². The molecule has 8 heavy (non-hydrogen) atoms. The molecule has 0 bridgehead atoms. The molecule has 0 unspecified atom stereocenters. The molecule has 0 radical (unpaired) electrons. The van der Waals surface area contributed by atoms with E-state index in [-0.39, 0.29) is 34.0 Å². The Balaban J connectivity index is -0.00000000200. The molecule has 60 valence electrons. The standard InChI is InChI=1S/C2H6O.5H2O/c1-2-3;;;;;/h3H,2H2,1H3;5*1H2. The molecule has 0 fully saturated rings. The summed E-state index contributed by atoms with van der Waals surface area (Å²) in [6, 6.07) is 0. The first-order valence-corrected chi connectivity index (χ1v) is 1.02. The van der Waals surface area contributed by atoms with Gasteiger partial charge in [0.2, 0.25) is 0 Å². The van der Waals surface area contributed by atoms with Crippen molar-refractivity contribution in [3.05, 3.63) is 0 Å². The second-order valence-electron chi connectivity index (χ2n) is 0.316. The Hall–Kier alpha value is -0.240. The summed E-state index contributed by atoms with van der Waals surface area (Å²) in [5.41, 5.74) is 0. The fourth-order valence-electron chi connectivity index (χ4n) is 0. The molecule has 0 aliphatic heterocycles. The van der Waals surface area contributed by atoms with Crippen LogP contribution in [0.1, 0.15) is 6.92 Å². The van der Waals surface area contributed by atoms with Crippen LogP contribution in [0.3, 0.4) is 0 Å². The van der Waals surface area contributed by atoms with Gasteiger partial charge in [-0.15, -0.1) is 0 Å². The summed E-state index contributed by atoms with van der Waals surface area (Å²) in [6.45, 7) is 1.93. The number of hydrogen-bond acceptors (Lipinski definition) is 1. The summed E-state index contributed by atoms with van der Waals surface area (Å²) in [7, 11) is 0. The highest BCUT2D eigenvalue weighted by molar-refractivity contribution is 3.84. The van der Waals surface area contributed by atoms with Crippen molar-refractivity contribution in [1.82, 2.24) is 0 Å². The largest absolute Gasteiger partial charge is 0.412 e. The van der Waals surface area contributed by atoms with Crippen molar-refractivity contribution >= 4 is 0 Å². The van der Waals surface area contributed by atoms with E-state index in [9.17, 15) is 0 Å². The van der Waals surface area contributed by atoms with Crippen LogP contribution < -0.4 is 0 Å². The fourth-order valence-corrected chi connectivity index (χ4v) is 0. The Morgan fingerprint density at radius 3 is 0.875 bits per heavy atom. The molecule has 6 heteroatoms. The second-order valence-corrected chi connectivity index (χ2v) is 0.316. The predicted octanol–water partition coefficient (Wildman–Crippen LogP) is -4.12. The van der Waals surface area contributed by atoms with E-state index in [1.807, 2.05) is 0 Å². The van der Waals surface area contributed by atoms with Gasteiger partial charge >= 0.3 is 0 Å². The van der Waals surface area contributed by atoms with Crippen molar-refractivity contribution in [2.24, 2.45) is 0 Å². The maximum atomic E-state index is 7.57. The van der Waals surface area contributed by atoms with Crippen LogP contribution in [0.25, 0.3) is 0 Å². The van der Waals surface area contributed by atoms with Gasteiger partial charge in [-0.1, -0.05) is 0 Å². The van der Waals surface area contributed by atoms with Crippen LogP contribution in [-0.2, 0) is 0 Å². The van der Waals surface area contributed by atoms with Gasteiger partial charge in [-0.25, -0.2) is 0 Å². The summed E-state index contributed by atoms with van der Waals surface area (Å²) in [6.07, 6.45) is 0. The van der Waals surface area contributed by atoms with Gasteiger partial charge in [-0.2, -0.15) is 0 Å². The smallest absolute Gasteiger partial charge is 0.0402 e. The Morgan fingerprint density at radius 1 is 0.875 bits per heavy atom. The van der Waals surface area contributed by atoms with E-state index < -0.39 is 0 Å². The number of rotatable bonds is 0. The molecule has 0 aliphatic carbocycles. The molecule has 0 saturated heterocycles. The zero-order valence-electron chi connectivity index (χ0n) is 4.65. The lowest BCUT2D eigenvalue weighted by Gasteiger charge is -1.52. The van der Waals surface area contributed by atoms with E-state index >= 15 is 0 Å². The van der Waals surface area contributed by atoms with E-state index in [4.69, 9.17) is 5.11 Å². The first-order valence-electron chi connectivity index (χ1n) is 1.02. The van der Waals surface area contributed by atoms with Crippen LogP contribution in [0.15, 0.2) is 0 Å². The predicted molar refractivity (Wildman–Crippen MR) is 30.8 cm³/mol. The minimum atomic E-state index is 0. The summed E-state index contributed by atoms with van der Waals surface area (Å²) in [5, 5.41) is 7.57. The molecule has 11 N–H and O–H groups in total. The first-order chi connectivity index (χ1) is 1.41. The fraction of sp³-hybridized carbons (Fsp3) is 1.00. The highest BCUT2D eigenvalue weighted by Gasteiger charge is 1.34. The van der Waals surface area contributed by atoms with Crippen molar-refractivity contribution in [3.8, 4) is 0 Å². The molecule has 0 heterocycles. The Bertz CT molecular complexity index is 6.49. The Kier molecular flexibility index (Phi) is 5560. The van der Waals surface area contributed by atoms with Crippen LogP contribution in [0.4, 0.5) is 0 Å². The zero-order valence-corrected chi connectivity index (χ0v) is 4.65. The normalized spacial score (nSPS) is 2.25. The van der Waals surface area contributed by atoms with E-state index in [1.54, 1.807) is 6.92 Å². The molecule has 0 saturated carbocycles. The highest BCUT2D eigenvalue weighted by atomic mass is 16.2. The van der Waals surface area contributed by atoms with Gasteiger partial charge in [0, 0.05) is 6.61 Å². The van der Waals surface area contributed by atoms with Crippen LogP contribution in [0.5, 0.6) is 0 Å². The number of hydrogen-bond donors (Lipinski definition) is 1. The highest BCUT2D eigenvalue weighted by Crippen LogP contribution is 1.30. The number of aliphatic hydroxyl groups excluding tert-OH is 1. The van der Waals surface area contributed by atoms with E-state index in [0.29, 0.717) is 0 Å². The number of aliphatic hydroxyl groups is 1. The van der Waals surface area contributed by atoms with Crippen LogP contribution in [0.2, 0.25) is 0 Å². The molecule has 0 aromatic carbocycles. The lowest BCUT2D eigenvalue weighted by molar-refractivity contribution is 0.318. The van der Waals surface area contributed by atoms with Gasteiger partial charge in [-0.05, 0) is 6.92 Å². The third-order valence-corrected chi connectivity index (χ3v) is 0. The summed E-state index contributed by atoms with van der Waals surface area (Å²) >= 11 is 0. The quantitative estimate of drug-likeness (QED) is 0.349. The van der Waals surface area contributed by atoms with Gasteiger partial charge in [0.15, 0.2) is 0 Å². The minimum Gasteiger partial charge on any atom is -0.412 e. The molecule has 0 aromatic rings. The summed E-state index contributed by atoms with van der Waals surface area (Å²) in [5.74, 6) is 0. The van der Waals surface area contributed by atoms with Gasteiger partial charge in [0.05, 0.1) is 0 Å². The van der Waals surface area contributed by atoms with Gasteiger partial charge in [-0.3, -0.25) is 0 Å². The van der Waals surface area contributed by atoms with Gasteiger partial charge < -0.3 is 32.5 Å². The van der Waals surface area contributed by atoms with Crippen molar-refractivity contribution in [1.29, 1.82) is 0 Å². The molecule has 0 atom stereocenters. The zero-order chi connectivity index (χ0) is 2.71. The van der Waals surface area contributed by atoms with Crippen LogP contribution in [0, 0.1) is 0 Å². The molecule has 0 rings (SSSR count). The monoisotopic (exact) mass is 136 g/mol. The molecule has 6 nitrogen and oxygen atoms in total.